The van der Waals surface area contributed by atoms with Crippen molar-refractivity contribution in [1.29, 1.82) is 0 Å². The summed E-state index contributed by atoms with van der Waals surface area (Å²) >= 11 is 0. The summed E-state index contributed by atoms with van der Waals surface area (Å²) in [5, 5.41) is 2.72. The van der Waals surface area contributed by atoms with Crippen molar-refractivity contribution in [2.24, 2.45) is 5.73 Å². The fourth-order valence-corrected chi connectivity index (χ4v) is 2.06. The molecule has 0 radical (unpaired) electrons. The zero-order valence-corrected chi connectivity index (χ0v) is 12.5. The van der Waals surface area contributed by atoms with Crippen LogP contribution in [0.4, 0.5) is 0 Å². The Hall–Kier alpha value is -1.59. The lowest BCUT2D eigenvalue weighted by Gasteiger charge is -2.14. The Morgan fingerprint density at radius 1 is 1.30 bits per heavy atom. The molecule has 0 heterocycles. The van der Waals surface area contributed by atoms with Crippen LogP contribution in [0.25, 0.3) is 0 Å². The quantitative estimate of drug-likeness (QED) is 0.695. The summed E-state index contributed by atoms with van der Waals surface area (Å²) in [5.41, 5.74) is 8.81. The highest BCUT2D eigenvalue weighted by molar-refractivity contribution is 5.77. The summed E-state index contributed by atoms with van der Waals surface area (Å²) in [4.78, 5) is 11.6. The van der Waals surface area contributed by atoms with Gasteiger partial charge in [0.2, 0.25) is 0 Å². The molecule has 0 spiro atoms. The van der Waals surface area contributed by atoms with Crippen LogP contribution in [0.15, 0.2) is 12.1 Å². The van der Waals surface area contributed by atoms with E-state index >= 15 is 0 Å². The monoisotopic (exact) mass is 280 g/mol. The third-order valence-electron chi connectivity index (χ3n) is 2.93. The molecule has 0 saturated heterocycles. The maximum atomic E-state index is 11.6. The van der Waals surface area contributed by atoms with Gasteiger partial charge in [-0.2, -0.15) is 0 Å². The van der Waals surface area contributed by atoms with E-state index < -0.39 is 0 Å². The van der Waals surface area contributed by atoms with E-state index in [-0.39, 0.29) is 12.5 Å². The van der Waals surface area contributed by atoms with E-state index in [2.05, 4.69) is 17.4 Å². The van der Waals surface area contributed by atoms with E-state index in [1.54, 1.807) is 7.11 Å². The second kappa shape index (κ2) is 8.55. The average Bonchev–Trinajstić information content (AvgIpc) is 2.38. The SMILES string of the molecule is COCCNC(=O)COc1c(C)cc(CCN)cc1C. The highest BCUT2D eigenvalue weighted by Gasteiger charge is 2.09. The van der Waals surface area contributed by atoms with Crippen molar-refractivity contribution in [3.8, 4) is 5.75 Å². The summed E-state index contributed by atoms with van der Waals surface area (Å²) < 4.78 is 10.5. The van der Waals surface area contributed by atoms with Crippen LogP contribution >= 0.6 is 0 Å². The van der Waals surface area contributed by atoms with Gasteiger partial charge in [0.25, 0.3) is 5.91 Å². The predicted octanol–water partition coefficient (Wildman–Crippen LogP) is 0.946. The van der Waals surface area contributed by atoms with Crippen LogP contribution in [0.5, 0.6) is 5.75 Å². The van der Waals surface area contributed by atoms with Crippen LogP contribution in [-0.4, -0.2) is 39.3 Å². The molecule has 5 heteroatoms. The number of methoxy groups -OCH3 is 1. The fraction of sp³-hybridized carbons (Fsp3) is 0.533. The summed E-state index contributed by atoms with van der Waals surface area (Å²) in [6.07, 6.45) is 0.847. The van der Waals surface area contributed by atoms with Crippen molar-refractivity contribution in [3.63, 3.8) is 0 Å². The first kappa shape index (κ1) is 16.5. The van der Waals surface area contributed by atoms with Crippen molar-refractivity contribution < 1.29 is 14.3 Å². The van der Waals surface area contributed by atoms with Crippen LogP contribution in [0.1, 0.15) is 16.7 Å². The summed E-state index contributed by atoms with van der Waals surface area (Å²) in [6, 6.07) is 4.11. The highest BCUT2D eigenvalue weighted by Crippen LogP contribution is 2.24. The predicted molar refractivity (Wildman–Crippen MR) is 79.1 cm³/mol. The molecule has 20 heavy (non-hydrogen) atoms. The molecule has 0 atom stereocenters. The molecule has 0 aliphatic heterocycles. The number of carbonyl (C=O) groups excluding carboxylic acids is 1. The first-order valence-electron chi connectivity index (χ1n) is 6.77. The number of benzene rings is 1. The van der Waals surface area contributed by atoms with E-state index in [4.69, 9.17) is 15.2 Å². The van der Waals surface area contributed by atoms with Crippen molar-refractivity contribution in [1.82, 2.24) is 5.32 Å². The number of hydrogen-bond donors (Lipinski definition) is 2. The lowest BCUT2D eigenvalue weighted by atomic mass is 10.0. The molecule has 0 unspecified atom stereocenters. The van der Waals surface area contributed by atoms with E-state index in [0.717, 1.165) is 23.3 Å². The summed E-state index contributed by atoms with van der Waals surface area (Å²) in [6.45, 7) is 5.59. The number of nitrogens with one attached hydrogen (secondary N) is 1. The lowest BCUT2D eigenvalue weighted by molar-refractivity contribution is -0.123. The summed E-state index contributed by atoms with van der Waals surface area (Å²) in [7, 11) is 1.60. The molecule has 1 rings (SSSR count). The molecule has 1 amide bonds. The third-order valence-corrected chi connectivity index (χ3v) is 2.93. The lowest BCUT2D eigenvalue weighted by Crippen LogP contribution is -2.31. The number of nitrogens with two attached hydrogens (primary N) is 1. The number of aryl methyl sites for hydroxylation is 2. The molecule has 0 saturated carbocycles. The Bertz CT molecular complexity index is 424. The first-order valence-corrected chi connectivity index (χ1v) is 6.77. The minimum absolute atomic E-state index is 0.0155. The van der Waals surface area contributed by atoms with E-state index in [1.165, 1.54) is 5.56 Å². The number of ether oxygens (including phenoxy) is 2. The second-order valence-corrected chi connectivity index (χ2v) is 4.73. The molecule has 0 fully saturated rings. The number of hydrogen-bond acceptors (Lipinski definition) is 4. The Labute approximate surface area is 120 Å². The van der Waals surface area contributed by atoms with Crippen LogP contribution in [0, 0.1) is 13.8 Å². The Morgan fingerprint density at radius 2 is 1.95 bits per heavy atom. The summed E-state index contributed by atoms with van der Waals surface area (Å²) in [5.74, 6) is 0.625. The molecule has 1 aromatic rings. The highest BCUT2D eigenvalue weighted by atomic mass is 16.5. The smallest absolute Gasteiger partial charge is 0.258 e. The normalized spacial score (nSPS) is 10.4. The molecule has 112 valence electrons. The van der Waals surface area contributed by atoms with Gasteiger partial charge in [0.05, 0.1) is 6.61 Å². The Morgan fingerprint density at radius 3 is 2.50 bits per heavy atom. The van der Waals surface area contributed by atoms with Crippen LogP contribution in [0.3, 0.4) is 0 Å². The van der Waals surface area contributed by atoms with Gasteiger partial charge in [0.15, 0.2) is 6.61 Å². The van der Waals surface area contributed by atoms with Crippen molar-refractivity contribution in [2.45, 2.75) is 20.3 Å². The Kier molecular flexibility index (Phi) is 7.04. The van der Waals surface area contributed by atoms with E-state index in [9.17, 15) is 4.79 Å². The van der Waals surface area contributed by atoms with E-state index in [1.807, 2.05) is 13.8 Å². The van der Waals surface area contributed by atoms with Gasteiger partial charge in [-0.15, -0.1) is 0 Å². The molecule has 0 aromatic heterocycles. The van der Waals surface area contributed by atoms with Crippen LogP contribution < -0.4 is 15.8 Å². The van der Waals surface area contributed by atoms with Crippen molar-refractivity contribution in [3.05, 3.63) is 28.8 Å². The maximum absolute atomic E-state index is 11.6. The first-order chi connectivity index (χ1) is 9.58. The molecule has 1 aromatic carbocycles. The van der Waals surface area contributed by atoms with Crippen molar-refractivity contribution >= 4 is 5.91 Å². The van der Waals surface area contributed by atoms with Crippen LogP contribution in [-0.2, 0) is 16.0 Å². The van der Waals surface area contributed by atoms with Gasteiger partial charge in [-0.3, -0.25) is 4.79 Å². The van der Waals surface area contributed by atoms with Gasteiger partial charge in [-0.05, 0) is 43.5 Å². The molecule has 5 nitrogen and oxygen atoms in total. The van der Waals surface area contributed by atoms with Crippen LogP contribution in [0.2, 0.25) is 0 Å². The largest absolute Gasteiger partial charge is 0.483 e. The maximum Gasteiger partial charge on any atom is 0.258 e. The third kappa shape index (κ3) is 5.19. The number of carbonyl (C=O) groups is 1. The fourth-order valence-electron chi connectivity index (χ4n) is 2.06. The molecule has 0 aliphatic rings. The second-order valence-electron chi connectivity index (χ2n) is 4.73. The topological polar surface area (TPSA) is 73.6 Å². The van der Waals surface area contributed by atoms with Gasteiger partial charge in [-0.25, -0.2) is 0 Å². The van der Waals surface area contributed by atoms with Gasteiger partial charge < -0.3 is 20.5 Å². The zero-order chi connectivity index (χ0) is 15.0. The molecule has 0 aliphatic carbocycles. The zero-order valence-electron chi connectivity index (χ0n) is 12.5. The average molecular weight is 280 g/mol. The molecular weight excluding hydrogens is 256 g/mol. The Balaban J connectivity index is 2.57. The molecule has 3 N–H and O–H groups in total. The van der Waals surface area contributed by atoms with Gasteiger partial charge in [0.1, 0.15) is 5.75 Å². The van der Waals surface area contributed by atoms with Gasteiger partial charge in [-0.1, -0.05) is 12.1 Å². The standard InChI is InChI=1S/C15H24N2O3/c1-11-8-13(4-5-16)9-12(2)15(11)20-10-14(18)17-6-7-19-3/h8-9H,4-7,10,16H2,1-3H3,(H,17,18). The minimum atomic E-state index is -0.146. The van der Waals surface area contributed by atoms with Gasteiger partial charge in [0, 0.05) is 13.7 Å². The molecular formula is C15H24N2O3. The van der Waals surface area contributed by atoms with Crippen molar-refractivity contribution in [2.75, 3.05) is 33.4 Å². The number of rotatable bonds is 8. The van der Waals surface area contributed by atoms with E-state index in [0.29, 0.717) is 19.7 Å². The molecule has 0 bridgehead atoms. The minimum Gasteiger partial charge on any atom is -0.483 e. The number of amides is 1. The van der Waals surface area contributed by atoms with Gasteiger partial charge >= 0.3 is 0 Å².